The lowest BCUT2D eigenvalue weighted by atomic mass is 10.0. The number of carbonyl (C=O) groups excluding carboxylic acids is 2. The van der Waals surface area contributed by atoms with Crippen molar-refractivity contribution in [1.82, 2.24) is 14.9 Å². The molecule has 1 N–H and O–H groups in total. The van der Waals surface area contributed by atoms with Crippen LogP contribution in [0.15, 0.2) is 71.5 Å². The monoisotopic (exact) mass is 425 g/mol. The van der Waals surface area contributed by atoms with Crippen LogP contribution in [0.1, 0.15) is 40.6 Å². The Morgan fingerprint density at radius 3 is 2.41 bits per heavy atom. The van der Waals surface area contributed by atoms with Crippen molar-refractivity contribution >= 4 is 27.6 Å². The zero-order chi connectivity index (χ0) is 19.2. The van der Waals surface area contributed by atoms with Crippen molar-refractivity contribution in [3.05, 3.63) is 88.4 Å². The zero-order valence-corrected chi connectivity index (χ0v) is 16.5. The summed E-state index contributed by atoms with van der Waals surface area (Å²) in [6, 6.07) is 16.5. The van der Waals surface area contributed by atoms with E-state index in [2.05, 4.69) is 26.2 Å². The SMILES string of the molecule is Cn1ccnc1[C@@H](NC(=O)CCC(=O)c1ccc(Br)cc1)c1ccccc1. The second kappa shape index (κ2) is 8.77. The van der Waals surface area contributed by atoms with Crippen LogP contribution in [0.3, 0.4) is 0 Å². The fraction of sp³-hybridized carbons (Fsp3) is 0.190. The molecule has 0 spiro atoms. The maximum atomic E-state index is 12.5. The van der Waals surface area contributed by atoms with Crippen LogP contribution in [0.4, 0.5) is 0 Å². The minimum Gasteiger partial charge on any atom is -0.342 e. The van der Waals surface area contributed by atoms with Crippen molar-refractivity contribution in [1.29, 1.82) is 0 Å². The Morgan fingerprint density at radius 2 is 1.78 bits per heavy atom. The number of nitrogens with zero attached hydrogens (tertiary/aromatic N) is 2. The molecule has 138 valence electrons. The maximum Gasteiger partial charge on any atom is 0.221 e. The van der Waals surface area contributed by atoms with Gasteiger partial charge in [0.25, 0.3) is 0 Å². The van der Waals surface area contributed by atoms with E-state index in [1.165, 1.54) is 0 Å². The van der Waals surface area contributed by atoms with Gasteiger partial charge in [0.15, 0.2) is 5.78 Å². The first kappa shape index (κ1) is 19.0. The number of aryl methyl sites for hydroxylation is 1. The van der Waals surface area contributed by atoms with E-state index in [0.29, 0.717) is 5.56 Å². The fourth-order valence-corrected chi connectivity index (χ4v) is 3.10. The Hall–Kier alpha value is -2.73. The molecule has 1 amide bonds. The molecule has 0 saturated heterocycles. The summed E-state index contributed by atoms with van der Waals surface area (Å²) in [5, 5.41) is 3.01. The third kappa shape index (κ3) is 4.92. The van der Waals surface area contributed by atoms with Gasteiger partial charge >= 0.3 is 0 Å². The summed E-state index contributed by atoms with van der Waals surface area (Å²) in [6.07, 6.45) is 3.83. The molecule has 0 aliphatic rings. The molecular formula is C21H20BrN3O2. The highest BCUT2D eigenvalue weighted by atomic mass is 79.9. The molecule has 1 aromatic heterocycles. The lowest BCUT2D eigenvalue weighted by Crippen LogP contribution is -2.31. The first-order valence-electron chi connectivity index (χ1n) is 8.65. The summed E-state index contributed by atoms with van der Waals surface area (Å²) in [6.45, 7) is 0. The Kier molecular flexibility index (Phi) is 6.19. The van der Waals surface area contributed by atoms with E-state index >= 15 is 0 Å². The van der Waals surface area contributed by atoms with Crippen LogP contribution in [-0.4, -0.2) is 21.2 Å². The number of Topliss-reactive ketones (excluding diaryl/α,β-unsaturated/α-hetero) is 1. The summed E-state index contributed by atoms with van der Waals surface area (Å²) < 4.78 is 2.79. The van der Waals surface area contributed by atoms with Crippen molar-refractivity contribution in [3.63, 3.8) is 0 Å². The number of halogens is 1. The largest absolute Gasteiger partial charge is 0.342 e. The quantitative estimate of drug-likeness (QED) is 0.580. The summed E-state index contributed by atoms with van der Waals surface area (Å²) in [7, 11) is 1.89. The van der Waals surface area contributed by atoms with Crippen LogP contribution in [0.5, 0.6) is 0 Å². The van der Waals surface area contributed by atoms with Gasteiger partial charge in [0.2, 0.25) is 5.91 Å². The van der Waals surface area contributed by atoms with Crippen LogP contribution in [0, 0.1) is 0 Å². The molecule has 0 saturated carbocycles. The predicted molar refractivity (Wildman–Crippen MR) is 107 cm³/mol. The molecule has 6 heteroatoms. The van der Waals surface area contributed by atoms with Gasteiger partial charge in [0, 0.05) is 42.3 Å². The Balaban J connectivity index is 1.67. The van der Waals surface area contributed by atoms with Gasteiger partial charge in [-0.1, -0.05) is 58.4 Å². The van der Waals surface area contributed by atoms with Crippen molar-refractivity contribution in [3.8, 4) is 0 Å². The molecule has 1 heterocycles. The highest BCUT2D eigenvalue weighted by Gasteiger charge is 2.21. The Labute approximate surface area is 166 Å². The van der Waals surface area contributed by atoms with E-state index in [0.717, 1.165) is 15.9 Å². The summed E-state index contributed by atoms with van der Waals surface area (Å²) >= 11 is 3.35. The number of aromatic nitrogens is 2. The lowest BCUT2D eigenvalue weighted by molar-refractivity contribution is -0.121. The molecule has 3 aromatic rings. The normalized spacial score (nSPS) is 11.8. The van der Waals surface area contributed by atoms with Crippen molar-refractivity contribution in [2.75, 3.05) is 0 Å². The van der Waals surface area contributed by atoms with Gasteiger partial charge < -0.3 is 9.88 Å². The molecule has 5 nitrogen and oxygen atoms in total. The number of benzene rings is 2. The van der Waals surface area contributed by atoms with E-state index in [-0.39, 0.29) is 30.6 Å². The second-order valence-electron chi connectivity index (χ2n) is 6.24. The van der Waals surface area contributed by atoms with Crippen LogP contribution in [0.25, 0.3) is 0 Å². The smallest absolute Gasteiger partial charge is 0.221 e. The summed E-state index contributed by atoms with van der Waals surface area (Å²) in [5.41, 5.74) is 1.55. The van der Waals surface area contributed by atoms with Gasteiger partial charge in [0.1, 0.15) is 11.9 Å². The molecule has 0 radical (unpaired) electrons. The molecule has 0 unspecified atom stereocenters. The molecule has 2 aromatic carbocycles. The fourth-order valence-electron chi connectivity index (χ4n) is 2.84. The molecular weight excluding hydrogens is 406 g/mol. The average Bonchev–Trinajstić information content (AvgIpc) is 3.11. The minimum atomic E-state index is -0.360. The molecule has 0 aliphatic heterocycles. The minimum absolute atomic E-state index is 0.0501. The number of rotatable bonds is 7. The number of imidazole rings is 1. The first-order chi connectivity index (χ1) is 13.0. The number of ketones is 1. The van der Waals surface area contributed by atoms with Crippen LogP contribution in [0.2, 0.25) is 0 Å². The third-order valence-electron chi connectivity index (χ3n) is 4.30. The van der Waals surface area contributed by atoms with Crippen LogP contribution < -0.4 is 5.32 Å². The first-order valence-corrected chi connectivity index (χ1v) is 9.44. The topological polar surface area (TPSA) is 64.0 Å². The lowest BCUT2D eigenvalue weighted by Gasteiger charge is -2.19. The van der Waals surface area contributed by atoms with Gasteiger partial charge in [-0.15, -0.1) is 0 Å². The van der Waals surface area contributed by atoms with Crippen LogP contribution >= 0.6 is 15.9 Å². The van der Waals surface area contributed by atoms with Gasteiger partial charge in [0.05, 0.1) is 0 Å². The summed E-state index contributed by atoms with van der Waals surface area (Å²) in [5.74, 6) is 0.511. The molecule has 0 bridgehead atoms. The van der Waals surface area contributed by atoms with Crippen molar-refractivity contribution in [2.45, 2.75) is 18.9 Å². The van der Waals surface area contributed by atoms with Crippen LogP contribution in [-0.2, 0) is 11.8 Å². The van der Waals surface area contributed by atoms with E-state index in [1.807, 2.05) is 60.3 Å². The van der Waals surface area contributed by atoms with Crippen molar-refractivity contribution < 1.29 is 9.59 Å². The summed E-state index contributed by atoms with van der Waals surface area (Å²) in [4.78, 5) is 29.2. The number of nitrogens with one attached hydrogen (secondary N) is 1. The van der Waals surface area contributed by atoms with Gasteiger partial charge in [-0.3, -0.25) is 9.59 Å². The Bertz CT molecular complexity index is 920. The molecule has 0 fully saturated rings. The molecule has 1 atom stereocenters. The molecule has 27 heavy (non-hydrogen) atoms. The number of amides is 1. The average molecular weight is 426 g/mol. The van der Waals surface area contributed by atoms with E-state index < -0.39 is 0 Å². The number of carbonyl (C=O) groups is 2. The van der Waals surface area contributed by atoms with Gasteiger partial charge in [-0.25, -0.2) is 4.98 Å². The van der Waals surface area contributed by atoms with Gasteiger partial charge in [-0.2, -0.15) is 0 Å². The van der Waals surface area contributed by atoms with E-state index in [9.17, 15) is 9.59 Å². The van der Waals surface area contributed by atoms with Crippen molar-refractivity contribution in [2.24, 2.45) is 7.05 Å². The predicted octanol–water partition coefficient (Wildman–Crippen LogP) is 4.05. The molecule has 3 rings (SSSR count). The third-order valence-corrected chi connectivity index (χ3v) is 4.83. The second-order valence-corrected chi connectivity index (χ2v) is 7.15. The highest BCUT2D eigenvalue weighted by Crippen LogP contribution is 2.20. The number of hydrogen-bond donors (Lipinski definition) is 1. The van der Waals surface area contributed by atoms with E-state index in [1.54, 1.807) is 18.3 Å². The van der Waals surface area contributed by atoms with Gasteiger partial charge in [-0.05, 0) is 17.7 Å². The maximum absolute atomic E-state index is 12.5. The van der Waals surface area contributed by atoms with E-state index in [4.69, 9.17) is 0 Å². The Morgan fingerprint density at radius 1 is 1.07 bits per heavy atom. The highest BCUT2D eigenvalue weighted by molar-refractivity contribution is 9.10. The zero-order valence-electron chi connectivity index (χ0n) is 14.9. The standard InChI is InChI=1S/C21H20BrN3O2/c1-25-14-13-23-21(25)20(16-5-3-2-4-6-16)24-19(27)12-11-18(26)15-7-9-17(22)10-8-15/h2-10,13-14,20H,11-12H2,1H3,(H,24,27)/t20-/m0/s1. The number of hydrogen-bond acceptors (Lipinski definition) is 3. The molecule has 0 aliphatic carbocycles.